The molecule has 1 heteroatoms. The Kier molecular flexibility index (Phi) is 9.80. The van der Waals surface area contributed by atoms with Crippen LogP contribution in [0.2, 0.25) is 0 Å². The molecule has 0 atom stereocenters. The Morgan fingerprint density at radius 3 is 2.08 bits per heavy atom. The maximum absolute atomic E-state index is 5.94. The molecule has 0 spiro atoms. The number of hydrogen-bond acceptors (Lipinski definition) is 1. The van der Waals surface area contributed by atoms with Crippen LogP contribution < -0.4 is 0 Å². The molecule has 2 rings (SSSR count). The molecule has 0 aliphatic heterocycles. The van der Waals surface area contributed by atoms with E-state index >= 15 is 0 Å². The lowest BCUT2D eigenvalue weighted by atomic mass is 9.77. The van der Waals surface area contributed by atoms with Crippen LogP contribution in [0, 0.1) is 17.8 Å². The highest BCUT2D eigenvalue weighted by atomic mass is 16.5. The Hall–Kier alpha value is -0.560. The first-order chi connectivity index (χ1) is 11.8. The topological polar surface area (TPSA) is 9.23 Å². The Bertz CT molecular complexity index is 343. The fourth-order valence-electron chi connectivity index (χ4n) is 4.50. The first kappa shape index (κ1) is 19.8. The molecular weight excluding hydrogens is 292 g/mol. The summed E-state index contributed by atoms with van der Waals surface area (Å²) in [5.41, 5.74) is 0. The zero-order valence-electron chi connectivity index (χ0n) is 16.1. The van der Waals surface area contributed by atoms with E-state index in [-0.39, 0.29) is 0 Å². The van der Waals surface area contributed by atoms with Crippen LogP contribution in [-0.2, 0) is 4.74 Å². The summed E-state index contributed by atoms with van der Waals surface area (Å²) in [6.45, 7) is 6.90. The second kappa shape index (κ2) is 11.9. The molecule has 0 bridgehead atoms. The molecule has 2 aliphatic rings. The minimum atomic E-state index is 0.534. The van der Waals surface area contributed by atoms with Gasteiger partial charge in [0.05, 0.1) is 12.7 Å². The third-order valence-corrected chi connectivity index (χ3v) is 6.21. The van der Waals surface area contributed by atoms with Crippen molar-refractivity contribution >= 4 is 0 Å². The zero-order valence-corrected chi connectivity index (χ0v) is 16.1. The standard InChI is InChI=1S/C23H40O/c1-3-5-7-8-20-9-11-21(12-10-20)13-14-22-15-17-23(18-16-22)24-19-6-4-2/h4,7-8,20-23H,2-3,5-6,9-19H2,1H3/b8-7+. The highest BCUT2D eigenvalue weighted by Crippen LogP contribution is 2.36. The Balaban J connectivity index is 1.53. The van der Waals surface area contributed by atoms with Gasteiger partial charge in [0.15, 0.2) is 0 Å². The smallest absolute Gasteiger partial charge is 0.0575 e. The lowest BCUT2D eigenvalue weighted by Crippen LogP contribution is -2.23. The Morgan fingerprint density at radius 1 is 0.875 bits per heavy atom. The third-order valence-electron chi connectivity index (χ3n) is 6.21. The van der Waals surface area contributed by atoms with Gasteiger partial charge >= 0.3 is 0 Å². The maximum atomic E-state index is 5.94. The van der Waals surface area contributed by atoms with E-state index in [1.54, 1.807) is 0 Å². The number of unbranched alkanes of at least 4 members (excludes halogenated alkanes) is 1. The molecule has 0 aromatic carbocycles. The molecule has 2 aliphatic carbocycles. The van der Waals surface area contributed by atoms with E-state index in [0.29, 0.717) is 6.10 Å². The highest BCUT2D eigenvalue weighted by Gasteiger charge is 2.24. The van der Waals surface area contributed by atoms with Gasteiger partial charge in [0.2, 0.25) is 0 Å². The van der Waals surface area contributed by atoms with Gasteiger partial charge in [0.1, 0.15) is 0 Å². The van der Waals surface area contributed by atoms with Gasteiger partial charge in [-0.2, -0.15) is 0 Å². The van der Waals surface area contributed by atoms with Crippen molar-refractivity contribution in [2.75, 3.05) is 6.61 Å². The van der Waals surface area contributed by atoms with Gasteiger partial charge in [-0.1, -0.05) is 44.4 Å². The van der Waals surface area contributed by atoms with Gasteiger partial charge in [0, 0.05) is 0 Å². The van der Waals surface area contributed by atoms with Gasteiger partial charge in [-0.05, 0) is 82.0 Å². The van der Waals surface area contributed by atoms with Crippen molar-refractivity contribution < 1.29 is 4.74 Å². The molecule has 1 nitrogen and oxygen atoms in total. The summed E-state index contributed by atoms with van der Waals surface area (Å²) in [6.07, 6.45) is 25.1. The first-order valence-corrected chi connectivity index (χ1v) is 10.7. The fraction of sp³-hybridized carbons (Fsp3) is 0.826. The summed E-state index contributed by atoms with van der Waals surface area (Å²) >= 11 is 0. The van der Waals surface area contributed by atoms with E-state index < -0.39 is 0 Å². The average molecular weight is 333 g/mol. The second-order valence-corrected chi connectivity index (χ2v) is 8.17. The normalized spacial score (nSPS) is 31.4. The van der Waals surface area contributed by atoms with Crippen LogP contribution in [0.15, 0.2) is 24.8 Å². The van der Waals surface area contributed by atoms with Crippen LogP contribution >= 0.6 is 0 Å². The minimum absolute atomic E-state index is 0.534. The molecule has 0 radical (unpaired) electrons. The molecule has 2 saturated carbocycles. The molecule has 0 heterocycles. The van der Waals surface area contributed by atoms with Crippen LogP contribution in [-0.4, -0.2) is 12.7 Å². The monoisotopic (exact) mass is 332 g/mol. The van der Waals surface area contributed by atoms with Crippen molar-refractivity contribution in [3.8, 4) is 0 Å². The summed E-state index contributed by atoms with van der Waals surface area (Å²) in [4.78, 5) is 0. The number of rotatable bonds is 10. The molecule has 0 unspecified atom stereocenters. The molecule has 0 aromatic rings. The molecule has 2 fully saturated rings. The lowest BCUT2D eigenvalue weighted by Gasteiger charge is -2.31. The molecule has 24 heavy (non-hydrogen) atoms. The largest absolute Gasteiger partial charge is 0.378 e. The number of allylic oxidation sites excluding steroid dienone is 2. The predicted octanol–water partition coefficient (Wildman–Crippen LogP) is 7.08. The maximum Gasteiger partial charge on any atom is 0.0575 e. The van der Waals surface area contributed by atoms with E-state index in [0.717, 1.165) is 30.8 Å². The highest BCUT2D eigenvalue weighted by molar-refractivity contribution is 4.91. The van der Waals surface area contributed by atoms with E-state index in [4.69, 9.17) is 4.74 Å². The number of ether oxygens (including phenoxy) is 1. The van der Waals surface area contributed by atoms with Crippen LogP contribution in [0.1, 0.15) is 90.4 Å². The van der Waals surface area contributed by atoms with Crippen molar-refractivity contribution in [1.82, 2.24) is 0 Å². The second-order valence-electron chi connectivity index (χ2n) is 8.17. The van der Waals surface area contributed by atoms with Crippen LogP contribution in [0.4, 0.5) is 0 Å². The lowest BCUT2D eigenvalue weighted by molar-refractivity contribution is 0.0189. The predicted molar refractivity (Wildman–Crippen MR) is 105 cm³/mol. The summed E-state index contributed by atoms with van der Waals surface area (Å²) in [6, 6.07) is 0. The van der Waals surface area contributed by atoms with E-state index in [2.05, 4.69) is 25.7 Å². The number of hydrogen-bond donors (Lipinski definition) is 0. The van der Waals surface area contributed by atoms with Gasteiger partial charge in [-0.25, -0.2) is 0 Å². The van der Waals surface area contributed by atoms with Gasteiger partial charge in [-0.15, -0.1) is 6.58 Å². The first-order valence-electron chi connectivity index (χ1n) is 10.7. The van der Waals surface area contributed by atoms with Crippen molar-refractivity contribution in [3.05, 3.63) is 24.8 Å². The van der Waals surface area contributed by atoms with Crippen molar-refractivity contribution in [2.24, 2.45) is 17.8 Å². The Morgan fingerprint density at radius 2 is 1.50 bits per heavy atom. The molecule has 0 aromatic heterocycles. The fourth-order valence-corrected chi connectivity index (χ4v) is 4.50. The SMILES string of the molecule is C=CCCOC1CCC(CCC2CCC(/C=C/CCC)CC2)CC1. The van der Waals surface area contributed by atoms with E-state index in [1.165, 1.54) is 77.0 Å². The van der Waals surface area contributed by atoms with Crippen molar-refractivity contribution in [1.29, 1.82) is 0 Å². The van der Waals surface area contributed by atoms with E-state index in [1.807, 2.05) is 6.08 Å². The van der Waals surface area contributed by atoms with Gasteiger partial charge in [0.25, 0.3) is 0 Å². The van der Waals surface area contributed by atoms with E-state index in [9.17, 15) is 0 Å². The quantitative estimate of drug-likeness (QED) is 0.307. The van der Waals surface area contributed by atoms with Crippen molar-refractivity contribution in [2.45, 2.75) is 96.5 Å². The average Bonchev–Trinajstić information content (AvgIpc) is 2.63. The van der Waals surface area contributed by atoms with Crippen LogP contribution in [0.3, 0.4) is 0 Å². The summed E-state index contributed by atoms with van der Waals surface area (Å²) in [5, 5.41) is 0. The zero-order chi connectivity index (χ0) is 17.0. The molecule has 0 amide bonds. The Labute approximate surface area is 150 Å². The third kappa shape index (κ3) is 7.55. The van der Waals surface area contributed by atoms with Crippen molar-refractivity contribution in [3.63, 3.8) is 0 Å². The van der Waals surface area contributed by atoms with Crippen LogP contribution in [0.5, 0.6) is 0 Å². The molecule has 138 valence electrons. The molecular formula is C23H40O. The van der Waals surface area contributed by atoms with Gasteiger partial charge < -0.3 is 4.74 Å². The van der Waals surface area contributed by atoms with Gasteiger partial charge in [-0.3, -0.25) is 0 Å². The molecule has 0 N–H and O–H groups in total. The molecule has 0 saturated heterocycles. The summed E-state index contributed by atoms with van der Waals surface area (Å²) < 4.78 is 5.94. The minimum Gasteiger partial charge on any atom is -0.378 e. The summed E-state index contributed by atoms with van der Waals surface area (Å²) in [5.74, 6) is 2.88. The summed E-state index contributed by atoms with van der Waals surface area (Å²) in [7, 11) is 0. The van der Waals surface area contributed by atoms with Crippen LogP contribution in [0.25, 0.3) is 0 Å².